The van der Waals surface area contributed by atoms with E-state index < -0.39 is 29.7 Å². The van der Waals surface area contributed by atoms with Crippen molar-refractivity contribution in [2.75, 3.05) is 6.61 Å². The monoisotopic (exact) mass is 462 g/mol. The van der Waals surface area contributed by atoms with Crippen LogP contribution in [0, 0.1) is 13.8 Å². The van der Waals surface area contributed by atoms with Gasteiger partial charge in [-0.25, -0.2) is 9.59 Å². The van der Waals surface area contributed by atoms with Crippen molar-refractivity contribution in [2.24, 2.45) is 10.2 Å². The zero-order valence-corrected chi connectivity index (χ0v) is 18.1. The number of aromatic nitrogens is 2. The van der Waals surface area contributed by atoms with Crippen LogP contribution in [-0.2, 0) is 0 Å². The van der Waals surface area contributed by atoms with Crippen molar-refractivity contribution in [1.82, 2.24) is 9.78 Å². The van der Waals surface area contributed by atoms with Crippen LogP contribution in [0.1, 0.15) is 26.4 Å². The summed E-state index contributed by atoms with van der Waals surface area (Å²) in [7, 11) is 0. The van der Waals surface area contributed by atoms with Crippen molar-refractivity contribution < 1.29 is 23.8 Å². The molecule has 0 fully saturated rings. The van der Waals surface area contributed by atoms with Crippen LogP contribution in [0.2, 0.25) is 0 Å². The Balaban J connectivity index is 1.49. The number of azo groups is 1. The molecule has 11 heteroatoms. The zero-order valence-electron chi connectivity index (χ0n) is 18.1. The molecule has 2 aromatic heterocycles. The van der Waals surface area contributed by atoms with Crippen molar-refractivity contribution in [2.45, 2.75) is 13.8 Å². The Kier molecular flexibility index (Phi) is 5.92. The predicted octanol–water partition coefficient (Wildman–Crippen LogP) is 3.73. The quantitative estimate of drug-likeness (QED) is 0.326. The molecule has 2 heterocycles. The number of hydrogen-bond donors (Lipinski definition) is 2. The Hall–Kier alpha value is -4.80. The Morgan fingerprint density at radius 1 is 1.06 bits per heavy atom. The molecule has 4 aromatic rings. The molecule has 0 atom stereocenters. The van der Waals surface area contributed by atoms with Gasteiger partial charge in [0.15, 0.2) is 12.3 Å². The summed E-state index contributed by atoms with van der Waals surface area (Å²) in [5, 5.41) is 20.1. The summed E-state index contributed by atoms with van der Waals surface area (Å²) in [4.78, 5) is 47.7. The number of carbonyl (C=O) groups excluding carboxylic acids is 1. The zero-order chi connectivity index (χ0) is 24.4. The lowest BCUT2D eigenvalue weighted by atomic mass is 10.1. The van der Waals surface area contributed by atoms with Gasteiger partial charge in [-0.2, -0.15) is 9.80 Å². The molecule has 172 valence electrons. The highest BCUT2D eigenvalue weighted by atomic mass is 16.5. The van der Waals surface area contributed by atoms with E-state index in [1.54, 1.807) is 26.0 Å². The summed E-state index contributed by atoms with van der Waals surface area (Å²) < 4.78 is 11.4. The van der Waals surface area contributed by atoms with Gasteiger partial charge in [-0.3, -0.25) is 14.7 Å². The number of nitrogens with one attached hydrogen (secondary N) is 1. The number of carbonyl (C=O) groups is 2. The number of aromatic amines is 1. The maximum absolute atomic E-state index is 12.6. The molecule has 0 aliphatic heterocycles. The standard InChI is InChI=1S/C23H18N4O7/c1-12-9-20(29)34-18-10-16(7-8-17(12)18)33-11-19(28)27-22(30)21(13(2)26-27)25-24-15-5-3-14(4-6-15)23(31)32/h3-10,26H,11H2,1-2H3,(H,31,32). The summed E-state index contributed by atoms with van der Waals surface area (Å²) in [6.45, 7) is 2.87. The normalized spacial score (nSPS) is 11.2. The molecule has 0 aliphatic carbocycles. The molecule has 0 saturated heterocycles. The van der Waals surface area contributed by atoms with Gasteiger partial charge >= 0.3 is 17.2 Å². The van der Waals surface area contributed by atoms with Crippen molar-refractivity contribution in [3.05, 3.63) is 86.1 Å². The molecule has 0 aliphatic rings. The van der Waals surface area contributed by atoms with E-state index in [0.717, 1.165) is 15.6 Å². The molecule has 0 amide bonds. The molecule has 0 bridgehead atoms. The minimum Gasteiger partial charge on any atom is -0.484 e. The summed E-state index contributed by atoms with van der Waals surface area (Å²) in [5.74, 6) is -1.46. The first-order valence-electron chi connectivity index (χ1n) is 10.00. The van der Waals surface area contributed by atoms with E-state index in [0.29, 0.717) is 17.0 Å². The van der Waals surface area contributed by atoms with Crippen LogP contribution in [0.15, 0.2) is 72.8 Å². The number of aryl methyl sites for hydroxylation is 2. The van der Waals surface area contributed by atoms with Gasteiger partial charge in [0.1, 0.15) is 11.3 Å². The third kappa shape index (κ3) is 4.53. The van der Waals surface area contributed by atoms with Crippen molar-refractivity contribution in [3.63, 3.8) is 0 Å². The van der Waals surface area contributed by atoms with Crippen LogP contribution < -0.4 is 15.9 Å². The second kappa shape index (κ2) is 8.98. The third-order valence-corrected chi connectivity index (χ3v) is 4.95. The third-order valence-electron chi connectivity index (χ3n) is 4.95. The van der Waals surface area contributed by atoms with Crippen molar-refractivity contribution >= 4 is 34.2 Å². The molecule has 4 rings (SSSR count). The minimum atomic E-state index is -1.07. The van der Waals surface area contributed by atoms with Gasteiger partial charge < -0.3 is 14.3 Å². The van der Waals surface area contributed by atoms with E-state index >= 15 is 0 Å². The molecule has 0 spiro atoms. The number of ether oxygens (including phenoxy) is 1. The number of aromatic carboxylic acids is 1. The van der Waals surface area contributed by atoms with E-state index in [4.69, 9.17) is 14.3 Å². The SMILES string of the molecule is Cc1[nH]n(C(=O)COc2ccc3c(C)cc(=O)oc3c2)c(=O)c1N=Nc1ccc(C(=O)O)cc1. The van der Waals surface area contributed by atoms with Crippen molar-refractivity contribution in [3.8, 4) is 5.75 Å². The number of carboxylic acids is 1. The summed E-state index contributed by atoms with van der Waals surface area (Å²) >= 11 is 0. The maximum atomic E-state index is 12.6. The first-order chi connectivity index (χ1) is 16.2. The minimum absolute atomic E-state index is 0.0707. The molecule has 0 unspecified atom stereocenters. The Morgan fingerprint density at radius 2 is 1.79 bits per heavy atom. The fourth-order valence-corrected chi connectivity index (χ4v) is 3.21. The van der Waals surface area contributed by atoms with Crippen molar-refractivity contribution in [1.29, 1.82) is 0 Å². The second-order valence-corrected chi connectivity index (χ2v) is 7.37. The van der Waals surface area contributed by atoms with Crippen LogP contribution in [-0.4, -0.2) is 33.4 Å². The van der Waals surface area contributed by atoms with Gasteiger partial charge in [0, 0.05) is 17.5 Å². The van der Waals surface area contributed by atoms with E-state index in [1.807, 2.05) is 0 Å². The topological polar surface area (TPSA) is 156 Å². The number of nitrogens with zero attached hydrogens (tertiary/aromatic N) is 3. The highest BCUT2D eigenvalue weighted by molar-refractivity contribution is 5.88. The average molecular weight is 462 g/mol. The number of H-pyrrole nitrogens is 1. The summed E-state index contributed by atoms with van der Waals surface area (Å²) in [6.07, 6.45) is 0. The largest absolute Gasteiger partial charge is 0.484 e. The average Bonchev–Trinajstić information content (AvgIpc) is 3.09. The van der Waals surface area contributed by atoms with Crippen LogP contribution in [0.3, 0.4) is 0 Å². The van der Waals surface area contributed by atoms with Crippen LogP contribution in [0.4, 0.5) is 11.4 Å². The lowest BCUT2D eigenvalue weighted by Gasteiger charge is -2.07. The number of hydrogen-bond acceptors (Lipinski definition) is 8. The predicted molar refractivity (Wildman–Crippen MR) is 121 cm³/mol. The smallest absolute Gasteiger partial charge is 0.336 e. The van der Waals surface area contributed by atoms with Crippen LogP contribution in [0.25, 0.3) is 11.0 Å². The molecule has 11 nitrogen and oxygen atoms in total. The number of carboxylic acid groups (broad SMARTS) is 1. The maximum Gasteiger partial charge on any atom is 0.336 e. The molecule has 0 saturated carbocycles. The molecular weight excluding hydrogens is 444 g/mol. The van der Waals surface area contributed by atoms with Gasteiger partial charge in [0.25, 0.3) is 5.91 Å². The summed E-state index contributed by atoms with van der Waals surface area (Å²) in [5.41, 5.74) is 0.538. The molecule has 34 heavy (non-hydrogen) atoms. The van der Waals surface area contributed by atoms with E-state index in [9.17, 15) is 19.2 Å². The lowest BCUT2D eigenvalue weighted by molar-refractivity contribution is 0.0696. The molecular formula is C23H18N4O7. The van der Waals surface area contributed by atoms with E-state index in [-0.39, 0.29) is 17.0 Å². The van der Waals surface area contributed by atoms with Gasteiger partial charge in [-0.15, -0.1) is 5.11 Å². The fourth-order valence-electron chi connectivity index (χ4n) is 3.21. The first-order valence-corrected chi connectivity index (χ1v) is 10.00. The second-order valence-electron chi connectivity index (χ2n) is 7.37. The molecule has 2 N–H and O–H groups in total. The highest BCUT2D eigenvalue weighted by Gasteiger charge is 2.17. The van der Waals surface area contributed by atoms with E-state index in [2.05, 4.69) is 15.3 Å². The Bertz CT molecular complexity index is 1560. The Labute approximate surface area is 190 Å². The van der Waals surface area contributed by atoms with Crippen LogP contribution >= 0.6 is 0 Å². The van der Waals surface area contributed by atoms with Crippen LogP contribution in [0.5, 0.6) is 5.75 Å². The van der Waals surface area contributed by atoms with E-state index in [1.165, 1.54) is 36.4 Å². The molecule has 2 aromatic carbocycles. The number of benzene rings is 2. The first kappa shape index (κ1) is 22.4. The number of rotatable bonds is 6. The summed E-state index contributed by atoms with van der Waals surface area (Å²) in [6, 6.07) is 11.8. The van der Waals surface area contributed by atoms with Gasteiger partial charge in [-0.1, -0.05) is 0 Å². The Morgan fingerprint density at radius 3 is 2.50 bits per heavy atom. The lowest BCUT2D eigenvalue weighted by Crippen LogP contribution is -2.29. The fraction of sp³-hybridized carbons (Fsp3) is 0.130. The van der Waals surface area contributed by atoms with Gasteiger partial charge in [0.05, 0.1) is 16.9 Å². The number of fused-ring (bicyclic) bond motifs is 1. The molecule has 0 radical (unpaired) electrons. The van der Waals surface area contributed by atoms with Gasteiger partial charge in [0.2, 0.25) is 0 Å². The highest BCUT2D eigenvalue weighted by Crippen LogP contribution is 2.22. The van der Waals surface area contributed by atoms with Gasteiger partial charge in [-0.05, 0) is 55.8 Å².